The smallest absolute Gasteiger partial charge is 0.268 e. The molecule has 0 atom stereocenters. The van der Waals surface area contributed by atoms with Crippen molar-refractivity contribution >= 4 is 74.5 Å². The molecule has 0 unspecified atom stereocenters. The molecule has 0 bridgehead atoms. The number of non-ortho nitro benzene ring substituents is 1. The van der Waals surface area contributed by atoms with Gasteiger partial charge >= 0.3 is 0 Å². The Labute approximate surface area is 171 Å². The predicted molar refractivity (Wildman–Crippen MR) is 112 cm³/mol. The molecule has 6 nitrogen and oxygen atoms in total. The second-order valence-electron chi connectivity index (χ2n) is 5.15. The molecular formula is C17H9IN2O4S2. The van der Waals surface area contributed by atoms with Gasteiger partial charge in [-0.2, -0.15) is 0 Å². The summed E-state index contributed by atoms with van der Waals surface area (Å²) in [6, 6.07) is 12.7. The van der Waals surface area contributed by atoms with Crippen molar-refractivity contribution in [1.82, 2.24) is 4.90 Å². The lowest BCUT2D eigenvalue weighted by Crippen LogP contribution is -2.35. The topological polar surface area (TPSA) is 80.5 Å². The highest BCUT2D eigenvalue weighted by molar-refractivity contribution is 14.1. The molecule has 3 rings (SSSR count). The minimum atomic E-state index is -0.497. The fourth-order valence-corrected chi connectivity index (χ4v) is 4.11. The SMILES string of the molecule is O=C1/C(=C\c2ccc([N+](=O)[O-])cc2)SC(=S)N1C(=O)c1ccccc1I. The summed E-state index contributed by atoms with van der Waals surface area (Å²) in [6.45, 7) is 0. The Morgan fingerprint density at radius 1 is 1.19 bits per heavy atom. The van der Waals surface area contributed by atoms with E-state index in [0.717, 1.165) is 20.2 Å². The molecule has 0 spiro atoms. The highest BCUT2D eigenvalue weighted by atomic mass is 127. The minimum Gasteiger partial charge on any atom is -0.268 e. The molecule has 130 valence electrons. The van der Waals surface area contributed by atoms with Crippen LogP contribution in [0, 0.1) is 13.7 Å². The van der Waals surface area contributed by atoms with E-state index in [1.807, 2.05) is 22.6 Å². The van der Waals surface area contributed by atoms with E-state index in [-0.39, 0.29) is 10.0 Å². The fourth-order valence-electron chi connectivity index (χ4n) is 2.24. The van der Waals surface area contributed by atoms with Gasteiger partial charge < -0.3 is 0 Å². The van der Waals surface area contributed by atoms with Gasteiger partial charge in [-0.3, -0.25) is 19.7 Å². The molecule has 1 heterocycles. The number of rotatable bonds is 3. The van der Waals surface area contributed by atoms with E-state index in [1.165, 1.54) is 24.3 Å². The quantitative estimate of drug-likeness (QED) is 0.158. The van der Waals surface area contributed by atoms with Crippen LogP contribution in [0.4, 0.5) is 5.69 Å². The molecule has 0 radical (unpaired) electrons. The number of thioether (sulfide) groups is 1. The van der Waals surface area contributed by atoms with Crippen molar-refractivity contribution < 1.29 is 14.5 Å². The summed E-state index contributed by atoms with van der Waals surface area (Å²) in [5.74, 6) is -0.965. The Kier molecular flexibility index (Phi) is 5.49. The molecule has 2 aromatic carbocycles. The van der Waals surface area contributed by atoms with E-state index in [4.69, 9.17) is 12.2 Å². The van der Waals surface area contributed by atoms with Gasteiger partial charge in [0.15, 0.2) is 4.32 Å². The van der Waals surface area contributed by atoms with Gasteiger partial charge in [-0.1, -0.05) is 36.1 Å². The van der Waals surface area contributed by atoms with Crippen molar-refractivity contribution in [2.24, 2.45) is 0 Å². The molecule has 26 heavy (non-hydrogen) atoms. The van der Waals surface area contributed by atoms with Gasteiger partial charge in [0.25, 0.3) is 17.5 Å². The standard InChI is InChI=1S/C17H9IN2O4S2/c18-13-4-2-1-3-12(13)15(21)19-16(22)14(26-17(19)25)9-10-5-7-11(8-6-10)20(23)24/h1-9H/b14-9+. The number of nitrogens with zero attached hydrogens (tertiary/aromatic N) is 2. The van der Waals surface area contributed by atoms with Crippen LogP contribution >= 0.6 is 46.6 Å². The van der Waals surface area contributed by atoms with Crippen LogP contribution in [0.25, 0.3) is 6.08 Å². The third kappa shape index (κ3) is 3.69. The number of amides is 2. The normalized spacial score (nSPS) is 15.6. The molecule has 0 N–H and O–H groups in total. The fraction of sp³-hybridized carbons (Fsp3) is 0. The van der Waals surface area contributed by atoms with Crippen molar-refractivity contribution in [3.63, 3.8) is 0 Å². The zero-order valence-corrected chi connectivity index (χ0v) is 16.7. The van der Waals surface area contributed by atoms with Crippen LogP contribution < -0.4 is 0 Å². The van der Waals surface area contributed by atoms with Crippen LogP contribution in [-0.2, 0) is 4.79 Å². The number of imide groups is 1. The van der Waals surface area contributed by atoms with Crippen LogP contribution in [-0.4, -0.2) is 26.0 Å². The van der Waals surface area contributed by atoms with E-state index < -0.39 is 16.7 Å². The number of carbonyl (C=O) groups is 2. The first-order chi connectivity index (χ1) is 12.4. The van der Waals surface area contributed by atoms with Crippen LogP contribution in [0.3, 0.4) is 0 Å². The molecule has 1 fully saturated rings. The lowest BCUT2D eigenvalue weighted by Gasteiger charge is -2.13. The second-order valence-corrected chi connectivity index (χ2v) is 7.99. The zero-order chi connectivity index (χ0) is 18.8. The Hall–Kier alpha value is -2.11. The van der Waals surface area contributed by atoms with Crippen LogP contribution in [0.2, 0.25) is 0 Å². The monoisotopic (exact) mass is 496 g/mol. The van der Waals surface area contributed by atoms with Crippen LogP contribution in [0.15, 0.2) is 53.4 Å². The molecule has 0 saturated carbocycles. The van der Waals surface area contributed by atoms with E-state index in [2.05, 4.69) is 0 Å². The van der Waals surface area contributed by atoms with Crippen LogP contribution in [0.5, 0.6) is 0 Å². The predicted octanol–water partition coefficient (Wildman–Crippen LogP) is 4.24. The number of carbonyl (C=O) groups excluding carboxylic acids is 2. The van der Waals surface area contributed by atoms with Gasteiger partial charge in [0.1, 0.15) is 0 Å². The van der Waals surface area contributed by atoms with Crippen molar-refractivity contribution in [1.29, 1.82) is 0 Å². The number of benzene rings is 2. The number of hydrogen-bond donors (Lipinski definition) is 0. The van der Waals surface area contributed by atoms with E-state index in [9.17, 15) is 19.7 Å². The van der Waals surface area contributed by atoms with E-state index >= 15 is 0 Å². The first kappa shape index (κ1) is 18.7. The third-order valence-corrected chi connectivity index (χ3v) is 5.75. The molecule has 1 aliphatic rings. The Balaban J connectivity index is 1.88. The Morgan fingerprint density at radius 3 is 2.46 bits per heavy atom. The lowest BCUT2D eigenvalue weighted by molar-refractivity contribution is -0.384. The summed E-state index contributed by atoms with van der Waals surface area (Å²) in [5.41, 5.74) is 0.974. The maximum atomic E-state index is 12.7. The highest BCUT2D eigenvalue weighted by Crippen LogP contribution is 2.34. The molecular weight excluding hydrogens is 487 g/mol. The summed E-state index contributed by atoms with van der Waals surface area (Å²) >= 11 is 8.26. The van der Waals surface area contributed by atoms with Crippen LogP contribution in [0.1, 0.15) is 15.9 Å². The maximum Gasteiger partial charge on any atom is 0.273 e. The van der Waals surface area contributed by atoms with E-state index in [1.54, 1.807) is 30.3 Å². The summed E-state index contributed by atoms with van der Waals surface area (Å²) < 4.78 is 0.885. The molecule has 0 aliphatic carbocycles. The summed E-state index contributed by atoms with van der Waals surface area (Å²) in [6.07, 6.45) is 1.56. The van der Waals surface area contributed by atoms with Gasteiger partial charge in [-0.15, -0.1) is 0 Å². The molecule has 9 heteroatoms. The summed E-state index contributed by atoms with van der Waals surface area (Å²) in [4.78, 5) is 36.8. The third-order valence-electron chi connectivity index (χ3n) is 3.50. The molecule has 1 saturated heterocycles. The van der Waals surface area contributed by atoms with Gasteiger partial charge in [-0.05, 0) is 58.5 Å². The first-order valence-corrected chi connectivity index (χ1v) is 9.50. The van der Waals surface area contributed by atoms with Crippen molar-refractivity contribution in [3.05, 3.63) is 78.2 Å². The van der Waals surface area contributed by atoms with Crippen molar-refractivity contribution in [2.75, 3.05) is 0 Å². The Bertz CT molecular complexity index is 973. The summed E-state index contributed by atoms with van der Waals surface area (Å²) in [7, 11) is 0. The van der Waals surface area contributed by atoms with E-state index in [0.29, 0.717) is 16.0 Å². The van der Waals surface area contributed by atoms with Gasteiger partial charge in [-0.25, -0.2) is 4.90 Å². The van der Waals surface area contributed by atoms with Gasteiger partial charge in [0.05, 0.1) is 15.4 Å². The van der Waals surface area contributed by atoms with Gasteiger partial charge in [0, 0.05) is 15.7 Å². The van der Waals surface area contributed by atoms with Crippen molar-refractivity contribution in [3.8, 4) is 0 Å². The number of hydrogen-bond acceptors (Lipinski definition) is 6. The lowest BCUT2D eigenvalue weighted by atomic mass is 10.2. The first-order valence-electron chi connectivity index (χ1n) is 7.20. The average molecular weight is 496 g/mol. The Morgan fingerprint density at radius 2 is 1.85 bits per heavy atom. The largest absolute Gasteiger partial charge is 0.273 e. The number of halogens is 1. The zero-order valence-electron chi connectivity index (χ0n) is 12.9. The number of nitro benzene ring substituents is 1. The average Bonchev–Trinajstić information content (AvgIpc) is 2.89. The maximum absolute atomic E-state index is 12.7. The molecule has 2 amide bonds. The minimum absolute atomic E-state index is 0.0384. The molecule has 1 aliphatic heterocycles. The molecule has 2 aromatic rings. The molecule has 0 aromatic heterocycles. The number of thiocarbonyl (C=S) groups is 1. The van der Waals surface area contributed by atoms with Crippen molar-refractivity contribution in [2.45, 2.75) is 0 Å². The second kappa shape index (κ2) is 7.64. The number of nitro groups is 1. The summed E-state index contributed by atoms with van der Waals surface area (Å²) in [5, 5.41) is 10.7. The van der Waals surface area contributed by atoms with Gasteiger partial charge in [0.2, 0.25) is 0 Å². The highest BCUT2D eigenvalue weighted by Gasteiger charge is 2.37.